The van der Waals surface area contributed by atoms with Gasteiger partial charge in [0.2, 0.25) is 11.8 Å². The lowest BCUT2D eigenvalue weighted by Crippen LogP contribution is -2.60. The quantitative estimate of drug-likeness (QED) is 0.841. The minimum Gasteiger partial charge on any atom is -0.508 e. The molecular formula is C22H25N3O3. The maximum atomic E-state index is 13.0. The van der Waals surface area contributed by atoms with Gasteiger partial charge in [0, 0.05) is 26.2 Å². The largest absolute Gasteiger partial charge is 0.508 e. The maximum Gasteiger partial charge on any atom is 0.246 e. The van der Waals surface area contributed by atoms with Gasteiger partial charge < -0.3 is 15.3 Å². The van der Waals surface area contributed by atoms with Crippen LogP contribution in [0.2, 0.25) is 0 Å². The molecule has 0 spiro atoms. The first-order valence-corrected chi connectivity index (χ1v) is 9.74. The fraction of sp³-hybridized carbons (Fsp3) is 0.364. The summed E-state index contributed by atoms with van der Waals surface area (Å²) >= 11 is 0. The Morgan fingerprint density at radius 2 is 1.82 bits per heavy atom. The number of phenolic OH excluding ortho intramolecular Hbond substituents is 1. The smallest absolute Gasteiger partial charge is 0.246 e. The van der Waals surface area contributed by atoms with E-state index in [9.17, 15) is 14.7 Å². The van der Waals surface area contributed by atoms with Crippen LogP contribution in [0.25, 0.3) is 0 Å². The Bertz CT molecular complexity index is 866. The predicted molar refractivity (Wildman–Crippen MR) is 106 cm³/mol. The molecule has 1 saturated heterocycles. The molecule has 4 rings (SSSR count). The third-order valence-corrected chi connectivity index (χ3v) is 5.54. The highest BCUT2D eigenvalue weighted by molar-refractivity contribution is 5.89. The highest BCUT2D eigenvalue weighted by Gasteiger charge is 2.33. The SMILES string of the molecule is O=C1CN(CCc2ccc(O)cc2)CC(C(=O)N2CCc3ccccc3C2)N1. The second kappa shape index (κ2) is 8.02. The van der Waals surface area contributed by atoms with Gasteiger partial charge in [-0.05, 0) is 41.7 Å². The first-order valence-electron chi connectivity index (χ1n) is 9.74. The molecule has 0 saturated carbocycles. The van der Waals surface area contributed by atoms with Gasteiger partial charge in [-0.15, -0.1) is 0 Å². The lowest BCUT2D eigenvalue weighted by molar-refractivity contribution is -0.140. The van der Waals surface area contributed by atoms with Gasteiger partial charge in [0.15, 0.2) is 0 Å². The van der Waals surface area contributed by atoms with Crippen molar-refractivity contribution in [2.75, 3.05) is 26.2 Å². The summed E-state index contributed by atoms with van der Waals surface area (Å²) in [6, 6.07) is 14.8. The predicted octanol–water partition coefficient (Wildman–Crippen LogP) is 1.32. The molecule has 1 atom stereocenters. The molecule has 0 aliphatic carbocycles. The van der Waals surface area contributed by atoms with Crippen LogP contribution in [0.15, 0.2) is 48.5 Å². The molecule has 2 heterocycles. The number of phenols is 1. The Labute approximate surface area is 164 Å². The van der Waals surface area contributed by atoms with Crippen molar-refractivity contribution in [3.8, 4) is 5.75 Å². The van der Waals surface area contributed by atoms with E-state index in [1.165, 1.54) is 11.1 Å². The maximum absolute atomic E-state index is 13.0. The molecule has 146 valence electrons. The minimum absolute atomic E-state index is 0.00261. The number of hydrogen-bond donors (Lipinski definition) is 2. The number of rotatable bonds is 4. The minimum atomic E-state index is -0.494. The number of amides is 2. The molecule has 0 aromatic heterocycles. The van der Waals surface area contributed by atoms with Gasteiger partial charge >= 0.3 is 0 Å². The van der Waals surface area contributed by atoms with Crippen LogP contribution >= 0.6 is 0 Å². The molecule has 6 nitrogen and oxygen atoms in total. The summed E-state index contributed by atoms with van der Waals surface area (Å²) in [7, 11) is 0. The van der Waals surface area contributed by atoms with E-state index >= 15 is 0 Å². The third-order valence-electron chi connectivity index (χ3n) is 5.54. The highest BCUT2D eigenvalue weighted by atomic mass is 16.3. The monoisotopic (exact) mass is 379 g/mol. The molecule has 2 amide bonds. The number of carbonyl (C=O) groups excluding carboxylic acids is 2. The van der Waals surface area contributed by atoms with Gasteiger partial charge in [-0.2, -0.15) is 0 Å². The van der Waals surface area contributed by atoms with E-state index in [-0.39, 0.29) is 17.6 Å². The Kier molecular flexibility index (Phi) is 5.30. The molecule has 2 N–H and O–H groups in total. The van der Waals surface area contributed by atoms with Crippen LogP contribution in [-0.2, 0) is 29.0 Å². The van der Waals surface area contributed by atoms with E-state index < -0.39 is 6.04 Å². The van der Waals surface area contributed by atoms with Crippen LogP contribution < -0.4 is 5.32 Å². The topological polar surface area (TPSA) is 72.9 Å². The molecular weight excluding hydrogens is 354 g/mol. The number of piperazine rings is 1. The molecule has 28 heavy (non-hydrogen) atoms. The van der Waals surface area contributed by atoms with Crippen molar-refractivity contribution in [2.45, 2.75) is 25.4 Å². The van der Waals surface area contributed by atoms with Crippen LogP contribution in [-0.4, -0.2) is 58.9 Å². The first kappa shape index (κ1) is 18.5. The van der Waals surface area contributed by atoms with Crippen LogP contribution in [0.3, 0.4) is 0 Å². The van der Waals surface area contributed by atoms with Gasteiger partial charge in [-0.1, -0.05) is 36.4 Å². The van der Waals surface area contributed by atoms with Crippen molar-refractivity contribution in [1.82, 2.24) is 15.1 Å². The normalized spacial score (nSPS) is 19.8. The fourth-order valence-corrected chi connectivity index (χ4v) is 3.98. The van der Waals surface area contributed by atoms with Crippen molar-refractivity contribution >= 4 is 11.8 Å². The lowest BCUT2D eigenvalue weighted by Gasteiger charge is -2.36. The number of aromatic hydroxyl groups is 1. The Morgan fingerprint density at radius 3 is 2.61 bits per heavy atom. The molecule has 0 radical (unpaired) electrons. The number of hydrogen-bond acceptors (Lipinski definition) is 4. The molecule has 2 aromatic carbocycles. The standard InChI is InChI=1S/C22H25N3O3/c26-19-7-5-16(6-8-19)9-11-24-14-20(23-21(27)15-24)22(28)25-12-10-17-3-1-2-4-18(17)13-25/h1-8,20,26H,9-15H2,(H,23,27). The molecule has 2 aliphatic rings. The van der Waals surface area contributed by atoms with Crippen LogP contribution in [0.5, 0.6) is 5.75 Å². The van der Waals surface area contributed by atoms with E-state index in [2.05, 4.69) is 17.4 Å². The highest BCUT2D eigenvalue weighted by Crippen LogP contribution is 2.20. The zero-order valence-electron chi connectivity index (χ0n) is 15.8. The molecule has 6 heteroatoms. The molecule has 1 unspecified atom stereocenters. The van der Waals surface area contributed by atoms with E-state index in [1.807, 2.05) is 34.1 Å². The van der Waals surface area contributed by atoms with E-state index in [0.717, 1.165) is 18.4 Å². The first-order chi connectivity index (χ1) is 13.6. The second-order valence-corrected chi connectivity index (χ2v) is 7.55. The van der Waals surface area contributed by atoms with Gasteiger partial charge in [0.05, 0.1) is 6.54 Å². The molecule has 0 bridgehead atoms. The average Bonchev–Trinajstić information content (AvgIpc) is 2.72. The molecule has 2 aliphatic heterocycles. The van der Waals surface area contributed by atoms with E-state index in [0.29, 0.717) is 32.7 Å². The van der Waals surface area contributed by atoms with Gasteiger partial charge in [0.1, 0.15) is 11.8 Å². The van der Waals surface area contributed by atoms with Crippen molar-refractivity contribution < 1.29 is 14.7 Å². The summed E-state index contributed by atoms with van der Waals surface area (Å²) in [5, 5.41) is 12.3. The summed E-state index contributed by atoms with van der Waals surface area (Å²) in [4.78, 5) is 29.1. The Hall–Kier alpha value is -2.86. The molecule has 2 aromatic rings. The van der Waals surface area contributed by atoms with Crippen molar-refractivity contribution in [1.29, 1.82) is 0 Å². The fourth-order valence-electron chi connectivity index (χ4n) is 3.98. The Morgan fingerprint density at radius 1 is 1.07 bits per heavy atom. The van der Waals surface area contributed by atoms with Crippen LogP contribution in [0, 0.1) is 0 Å². The summed E-state index contributed by atoms with van der Waals surface area (Å²) in [5.74, 6) is 0.139. The van der Waals surface area contributed by atoms with Crippen LogP contribution in [0.4, 0.5) is 0 Å². The average molecular weight is 379 g/mol. The van der Waals surface area contributed by atoms with E-state index in [1.54, 1.807) is 12.1 Å². The van der Waals surface area contributed by atoms with Crippen molar-refractivity contribution in [2.24, 2.45) is 0 Å². The second-order valence-electron chi connectivity index (χ2n) is 7.55. The van der Waals surface area contributed by atoms with Crippen molar-refractivity contribution in [3.05, 3.63) is 65.2 Å². The lowest BCUT2D eigenvalue weighted by atomic mass is 9.99. The zero-order valence-corrected chi connectivity index (χ0v) is 15.8. The number of fused-ring (bicyclic) bond motifs is 1. The number of carbonyl (C=O) groups is 2. The van der Waals surface area contributed by atoms with Crippen LogP contribution in [0.1, 0.15) is 16.7 Å². The zero-order chi connectivity index (χ0) is 19.5. The van der Waals surface area contributed by atoms with Gasteiger partial charge in [-0.3, -0.25) is 14.5 Å². The summed E-state index contributed by atoms with van der Waals surface area (Å²) in [6.45, 7) is 2.83. The number of nitrogens with zero attached hydrogens (tertiary/aromatic N) is 2. The number of nitrogens with one attached hydrogen (secondary N) is 1. The van der Waals surface area contributed by atoms with Gasteiger partial charge in [0.25, 0.3) is 0 Å². The third kappa shape index (κ3) is 4.17. The van der Waals surface area contributed by atoms with Crippen molar-refractivity contribution in [3.63, 3.8) is 0 Å². The Balaban J connectivity index is 1.37. The van der Waals surface area contributed by atoms with E-state index in [4.69, 9.17) is 0 Å². The summed E-state index contributed by atoms with van der Waals surface area (Å²) < 4.78 is 0. The summed E-state index contributed by atoms with van der Waals surface area (Å²) in [5.41, 5.74) is 3.59. The van der Waals surface area contributed by atoms with Gasteiger partial charge in [-0.25, -0.2) is 0 Å². The number of benzene rings is 2. The molecule has 1 fully saturated rings. The summed E-state index contributed by atoms with van der Waals surface area (Å²) in [6.07, 6.45) is 1.62.